The number of anilines is 1. The van der Waals surface area contributed by atoms with Gasteiger partial charge in [-0.3, -0.25) is 9.63 Å². The molecule has 0 aromatic heterocycles. The first-order valence-electron chi connectivity index (χ1n) is 11.4. The largest absolute Gasteiger partial charge is 0.370 e. The summed E-state index contributed by atoms with van der Waals surface area (Å²) in [4.78, 5) is 20.4. The summed E-state index contributed by atoms with van der Waals surface area (Å²) in [5.74, 6) is -0.457. The van der Waals surface area contributed by atoms with Gasteiger partial charge in [0.15, 0.2) is 0 Å². The molecule has 0 aliphatic carbocycles. The summed E-state index contributed by atoms with van der Waals surface area (Å²) < 4.78 is 28.7. The molecule has 2 saturated heterocycles. The third kappa shape index (κ3) is 5.31. The molecule has 7 nitrogen and oxygen atoms in total. The van der Waals surface area contributed by atoms with Crippen molar-refractivity contribution in [2.24, 2.45) is 0 Å². The average Bonchev–Trinajstić information content (AvgIpc) is 2.85. The van der Waals surface area contributed by atoms with E-state index in [0.717, 1.165) is 57.2 Å². The van der Waals surface area contributed by atoms with Gasteiger partial charge in [0.1, 0.15) is 4.90 Å². The van der Waals surface area contributed by atoms with Gasteiger partial charge < -0.3 is 4.90 Å². The van der Waals surface area contributed by atoms with Crippen molar-refractivity contribution in [3.8, 4) is 0 Å². The second kappa shape index (κ2) is 10.5. The van der Waals surface area contributed by atoms with Crippen LogP contribution >= 0.6 is 0 Å². The molecule has 2 fully saturated rings. The summed E-state index contributed by atoms with van der Waals surface area (Å²) in [6.07, 6.45) is 6.02. The minimum Gasteiger partial charge on any atom is -0.370 e. The van der Waals surface area contributed by atoms with E-state index in [1.54, 1.807) is 16.4 Å². The molecule has 8 heteroatoms. The lowest BCUT2D eigenvalue weighted by Crippen LogP contribution is -2.38. The fourth-order valence-corrected chi connectivity index (χ4v) is 6.07. The maximum Gasteiger partial charge on any atom is 0.274 e. The van der Waals surface area contributed by atoms with Gasteiger partial charge in [-0.25, -0.2) is 13.9 Å². The second-order valence-corrected chi connectivity index (χ2v) is 10.3. The minimum atomic E-state index is -3.69. The smallest absolute Gasteiger partial charge is 0.274 e. The number of sulfonamides is 1. The summed E-state index contributed by atoms with van der Waals surface area (Å²) in [5, 5.41) is 0. The summed E-state index contributed by atoms with van der Waals surface area (Å²) in [6.45, 7) is 2.94. The number of nitrogens with one attached hydrogen (secondary N) is 1. The number of hydrogen-bond donors (Lipinski definition) is 1. The van der Waals surface area contributed by atoms with E-state index < -0.39 is 15.9 Å². The number of carbonyl (C=O) groups is 1. The van der Waals surface area contributed by atoms with Crippen LogP contribution in [0.25, 0.3) is 0 Å². The average molecular weight is 458 g/mol. The normalized spacial score (nSPS) is 17.8. The van der Waals surface area contributed by atoms with Crippen molar-refractivity contribution in [2.45, 2.75) is 50.0 Å². The zero-order valence-corrected chi connectivity index (χ0v) is 19.1. The Labute approximate surface area is 190 Å². The van der Waals surface area contributed by atoms with Crippen LogP contribution in [0.2, 0.25) is 0 Å². The number of carbonyl (C=O) groups excluding carboxylic acids is 1. The molecule has 0 spiro atoms. The van der Waals surface area contributed by atoms with Gasteiger partial charge in [-0.2, -0.15) is 4.31 Å². The van der Waals surface area contributed by atoms with Crippen LogP contribution in [0, 0.1) is 0 Å². The first kappa shape index (κ1) is 22.8. The third-order valence-electron chi connectivity index (χ3n) is 6.10. The summed E-state index contributed by atoms with van der Waals surface area (Å²) in [6, 6.07) is 14.5. The molecule has 1 amide bonds. The number of amides is 1. The molecule has 0 atom stereocenters. The monoisotopic (exact) mass is 457 g/mol. The Balaban J connectivity index is 1.57. The molecule has 32 heavy (non-hydrogen) atoms. The fraction of sp³-hybridized carbons (Fsp3) is 0.458. The highest BCUT2D eigenvalue weighted by Gasteiger charge is 2.31. The molecule has 2 heterocycles. The summed E-state index contributed by atoms with van der Waals surface area (Å²) >= 11 is 0. The Morgan fingerprint density at radius 2 is 1.53 bits per heavy atom. The molecule has 0 saturated carbocycles. The standard InChI is InChI=1S/C24H31N3O4S/c28-24(25-31-19-20-10-4-1-5-11-20)21-12-13-22(26-14-6-2-7-15-26)23(18-21)32(29,30)27-16-8-3-9-17-27/h1,4-5,10-13,18H,2-3,6-9,14-17,19H2,(H,25,28). The Kier molecular flexibility index (Phi) is 7.44. The highest BCUT2D eigenvalue weighted by Crippen LogP contribution is 2.32. The van der Waals surface area contributed by atoms with Crippen LogP contribution in [-0.4, -0.2) is 44.8 Å². The van der Waals surface area contributed by atoms with Gasteiger partial charge in [0, 0.05) is 31.7 Å². The highest BCUT2D eigenvalue weighted by atomic mass is 32.2. The molecular formula is C24H31N3O4S. The second-order valence-electron chi connectivity index (χ2n) is 8.40. The molecule has 2 aromatic carbocycles. The highest BCUT2D eigenvalue weighted by molar-refractivity contribution is 7.89. The molecule has 0 radical (unpaired) electrons. The number of piperidine rings is 2. The SMILES string of the molecule is O=C(NOCc1ccccc1)c1ccc(N2CCCCC2)c(S(=O)(=O)N2CCCCC2)c1. The van der Waals surface area contributed by atoms with Gasteiger partial charge in [-0.05, 0) is 55.9 Å². The minimum absolute atomic E-state index is 0.219. The van der Waals surface area contributed by atoms with Crippen molar-refractivity contribution in [2.75, 3.05) is 31.1 Å². The summed E-state index contributed by atoms with van der Waals surface area (Å²) in [7, 11) is -3.69. The quantitative estimate of drug-likeness (QED) is 0.641. The van der Waals surface area contributed by atoms with Crippen molar-refractivity contribution < 1.29 is 18.0 Å². The Hall–Kier alpha value is -2.42. The molecule has 2 aliphatic rings. The predicted octanol–water partition coefficient (Wildman–Crippen LogP) is 3.71. The lowest BCUT2D eigenvalue weighted by atomic mass is 10.1. The van der Waals surface area contributed by atoms with Gasteiger partial charge >= 0.3 is 0 Å². The van der Waals surface area contributed by atoms with Gasteiger partial charge in [0.2, 0.25) is 10.0 Å². The number of hydroxylamine groups is 1. The first-order chi connectivity index (χ1) is 15.6. The molecule has 172 valence electrons. The van der Waals surface area contributed by atoms with E-state index in [4.69, 9.17) is 4.84 Å². The first-order valence-corrected chi connectivity index (χ1v) is 12.8. The molecule has 0 bridgehead atoms. The number of nitrogens with zero attached hydrogens (tertiary/aromatic N) is 2. The van der Waals surface area contributed by atoms with Crippen molar-refractivity contribution in [1.82, 2.24) is 9.79 Å². The van der Waals surface area contributed by atoms with E-state index in [-0.39, 0.29) is 17.1 Å². The Bertz CT molecular complexity index is 1010. The van der Waals surface area contributed by atoms with Crippen molar-refractivity contribution in [3.05, 3.63) is 59.7 Å². The van der Waals surface area contributed by atoms with Gasteiger partial charge in [0.05, 0.1) is 12.3 Å². The molecule has 4 rings (SSSR count). The summed E-state index contributed by atoms with van der Waals surface area (Å²) in [5.41, 5.74) is 4.34. The van der Waals surface area contributed by atoms with Crippen LogP contribution in [0.3, 0.4) is 0 Å². The van der Waals surface area contributed by atoms with E-state index in [1.807, 2.05) is 30.3 Å². The van der Waals surface area contributed by atoms with Gasteiger partial charge in [-0.1, -0.05) is 36.8 Å². The van der Waals surface area contributed by atoms with Crippen molar-refractivity contribution >= 4 is 21.6 Å². The Morgan fingerprint density at radius 1 is 0.875 bits per heavy atom. The van der Waals surface area contributed by atoms with Crippen LogP contribution in [0.15, 0.2) is 53.4 Å². The van der Waals surface area contributed by atoms with Gasteiger partial charge in [0.25, 0.3) is 5.91 Å². The number of rotatable bonds is 7. The maximum atomic E-state index is 13.6. The molecule has 1 N–H and O–H groups in total. The van der Waals surface area contributed by atoms with E-state index in [2.05, 4.69) is 10.4 Å². The lowest BCUT2D eigenvalue weighted by Gasteiger charge is -2.33. The number of benzene rings is 2. The van der Waals surface area contributed by atoms with Crippen LogP contribution in [0.4, 0.5) is 5.69 Å². The van der Waals surface area contributed by atoms with Gasteiger partial charge in [-0.15, -0.1) is 0 Å². The van der Waals surface area contributed by atoms with Crippen LogP contribution in [0.1, 0.15) is 54.4 Å². The molecule has 0 unspecified atom stereocenters. The van der Waals surface area contributed by atoms with Crippen LogP contribution < -0.4 is 10.4 Å². The van der Waals surface area contributed by atoms with E-state index in [1.165, 1.54) is 6.07 Å². The van der Waals surface area contributed by atoms with Crippen LogP contribution in [0.5, 0.6) is 0 Å². The maximum absolute atomic E-state index is 13.6. The Morgan fingerprint density at radius 3 is 2.22 bits per heavy atom. The molecule has 2 aromatic rings. The molecule has 2 aliphatic heterocycles. The predicted molar refractivity (Wildman–Crippen MR) is 124 cm³/mol. The fourth-order valence-electron chi connectivity index (χ4n) is 4.32. The van der Waals surface area contributed by atoms with Crippen LogP contribution in [-0.2, 0) is 21.5 Å². The zero-order chi connectivity index (χ0) is 22.4. The van der Waals surface area contributed by atoms with Crippen molar-refractivity contribution in [3.63, 3.8) is 0 Å². The lowest BCUT2D eigenvalue weighted by molar-refractivity contribution is 0.0233. The van der Waals surface area contributed by atoms with E-state index in [9.17, 15) is 13.2 Å². The molecular weight excluding hydrogens is 426 g/mol. The topological polar surface area (TPSA) is 79.0 Å². The van der Waals surface area contributed by atoms with Crippen molar-refractivity contribution in [1.29, 1.82) is 0 Å². The number of hydrogen-bond acceptors (Lipinski definition) is 5. The third-order valence-corrected chi connectivity index (χ3v) is 8.03. The van der Waals surface area contributed by atoms with E-state index in [0.29, 0.717) is 18.8 Å². The zero-order valence-electron chi connectivity index (χ0n) is 18.3. The van der Waals surface area contributed by atoms with E-state index >= 15 is 0 Å².